The van der Waals surface area contributed by atoms with Crippen LogP contribution in [0, 0.1) is 5.82 Å². The summed E-state index contributed by atoms with van der Waals surface area (Å²) in [6, 6.07) is 9.28. The molecule has 0 fully saturated rings. The monoisotopic (exact) mass is 412 g/mol. The van der Waals surface area contributed by atoms with E-state index in [2.05, 4.69) is 48.1 Å². The minimum atomic E-state index is -0.459. The van der Waals surface area contributed by atoms with Gasteiger partial charge in [-0.05, 0) is 42.7 Å². The molecule has 0 unspecified atom stereocenters. The summed E-state index contributed by atoms with van der Waals surface area (Å²) in [5, 5.41) is 8.70. The molecule has 8 heteroatoms. The standard InChI is InChI=1S/C18H14BrFN6/c19-11-4-3-10-2-1-5-25(15(10)6-11)17-12-7-13(20)14(21)8-16(12)26-9-22-24-18(26)23-17/h3-4,6-9H,1-2,5,21H2. The molecule has 130 valence electrons. The minimum Gasteiger partial charge on any atom is -0.396 e. The second kappa shape index (κ2) is 5.63. The highest BCUT2D eigenvalue weighted by Gasteiger charge is 2.23. The summed E-state index contributed by atoms with van der Waals surface area (Å²) in [6.07, 6.45) is 3.56. The summed E-state index contributed by atoms with van der Waals surface area (Å²) in [4.78, 5) is 6.80. The summed E-state index contributed by atoms with van der Waals surface area (Å²) in [5.41, 5.74) is 8.94. The fourth-order valence-corrected chi connectivity index (χ4v) is 3.91. The fraction of sp³-hybridized carbons (Fsp3) is 0.167. The molecule has 0 radical (unpaired) electrons. The van der Waals surface area contributed by atoms with Crippen molar-refractivity contribution in [1.29, 1.82) is 0 Å². The molecule has 2 aromatic heterocycles. The summed E-state index contributed by atoms with van der Waals surface area (Å²) >= 11 is 3.54. The van der Waals surface area contributed by atoms with E-state index in [-0.39, 0.29) is 5.69 Å². The molecule has 1 aliphatic rings. The summed E-state index contributed by atoms with van der Waals surface area (Å²) in [7, 11) is 0. The lowest BCUT2D eigenvalue weighted by molar-refractivity contribution is 0.634. The van der Waals surface area contributed by atoms with Crippen molar-refractivity contribution in [1.82, 2.24) is 19.6 Å². The first-order valence-electron chi connectivity index (χ1n) is 8.26. The van der Waals surface area contributed by atoms with E-state index in [0.29, 0.717) is 17.0 Å². The van der Waals surface area contributed by atoms with Crippen LogP contribution in [0.5, 0.6) is 0 Å². The lowest BCUT2D eigenvalue weighted by Crippen LogP contribution is -2.26. The van der Waals surface area contributed by atoms with Crippen molar-refractivity contribution < 1.29 is 4.39 Å². The predicted octanol–water partition coefficient (Wildman–Crippen LogP) is 3.85. The van der Waals surface area contributed by atoms with Crippen LogP contribution in [0.15, 0.2) is 41.1 Å². The van der Waals surface area contributed by atoms with E-state index >= 15 is 0 Å². The van der Waals surface area contributed by atoms with Gasteiger partial charge in [0, 0.05) is 22.1 Å². The number of nitrogens with two attached hydrogens (primary N) is 1. The molecule has 0 spiro atoms. The SMILES string of the molecule is Nc1cc2c(cc1F)c(N1CCCc3ccc(Br)cc31)nc1nncn12. The van der Waals surface area contributed by atoms with E-state index in [1.807, 2.05) is 6.07 Å². The number of aryl methyl sites for hydroxylation is 1. The third-order valence-electron chi connectivity index (χ3n) is 4.77. The molecule has 0 aliphatic carbocycles. The number of anilines is 3. The van der Waals surface area contributed by atoms with Crippen LogP contribution in [-0.2, 0) is 6.42 Å². The molecule has 0 saturated carbocycles. The smallest absolute Gasteiger partial charge is 0.257 e. The van der Waals surface area contributed by atoms with Gasteiger partial charge in [0.05, 0.1) is 11.2 Å². The van der Waals surface area contributed by atoms with Crippen molar-refractivity contribution in [3.63, 3.8) is 0 Å². The molecular formula is C18H14BrFN6. The number of aromatic nitrogens is 4. The van der Waals surface area contributed by atoms with Crippen LogP contribution in [0.2, 0.25) is 0 Å². The lowest BCUT2D eigenvalue weighted by Gasteiger charge is -2.31. The zero-order valence-corrected chi connectivity index (χ0v) is 15.2. The Balaban J connectivity index is 1.84. The second-order valence-corrected chi connectivity index (χ2v) is 7.27. The van der Waals surface area contributed by atoms with Crippen molar-refractivity contribution in [2.45, 2.75) is 12.8 Å². The quantitative estimate of drug-likeness (QED) is 0.480. The molecule has 0 amide bonds. The normalized spacial score (nSPS) is 14.2. The molecular weight excluding hydrogens is 399 g/mol. The molecule has 6 nitrogen and oxygen atoms in total. The molecule has 2 aromatic carbocycles. The lowest BCUT2D eigenvalue weighted by atomic mass is 10.0. The first kappa shape index (κ1) is 15.5. The Hall–Kier alpha value is -2.74. The van der Waals surface area contributed by atoms with Crippen molar-refractivity contribution >= 4 is 49.8 Å². The van der Waals surface area contributed by atoms with Crippen LogP contribution in [0.4, 0.5) is 21.6 Å². The van der Waals surface area contributed by atoms with Crippen LogP contribution in [0.1, 0.15) is 12.0 Å². The summed E-state index contributed by atoms with van der Waals surface area (Å²) in [6.45, 7) is 0.794. The van der Waals surface area contributed by atoms with Gasteiger partial charge in [0.1, 0.15) is 18.0 Å². The van der Waals surface area contributed by atoms with Gasteiger partial charge in [-0.3, -0.25) is 4.40 Å². The molecule has 2 N–H and O–H groups in total. The maximum Gasteiger partial charge on any atom is 0.257 e. The Morgan fingerprint density at radius 2 is 2.08 bits per heavy atom. The summed E-state index contributed by atoms with van der Waals surface area (Å²) in [5.74, 6) is 0.665. The van der Waals surface area contributed by atoms with E-state index in [1.165, 1.54) is 11.6 Å². The van der Waals surface area contributed by atoms with E-state index in [9.17, 15) is 4.39 Å². The predicted molar refractivity (Wildman–Crippen MR) is 102 cm³/mol. The van der Waals surface area contributed by atoms with E-state index in [1.54, 1.807) is 16.8 Å². The molecule has 5 rings (SSSR count). The number of fused-ring (bicyclic) bond motifs is 4. The number of nitrogens with zero attached hydrogens (tertiary/aromatic N) is 5. The zero-order valence-electron chi connectivity index (χ0n) is 13.7. The van der Waals surface area contributed by atoms with Gasteiger partial charge in [-0.2, -0.15) is 4.98 Å². The molecule has 0 atom stereocenters. The maximum absolute atomic E-state index is 14.3. The Morgan fingerprint density at radius 1 is 1.19 bits per heavy atom. The van der Waals surface area contributed by atoms with Crippen LogP contribution in [0.25, 0.3) is 16.7 Å². The molecule has 0 bridgehead atoms. The molecule has 1 aliphatic heterocycles. The first-order chi connectivity index (χ1) is 12.6. The number of halogens is 2. The Bertz CT molecular complexity index is 1170. The van der Waals surface area contributed by atoms with Gasteiger partial charge in [-0.25, -0.2) is 4.39 Å². The van der Waals surface area contributed by atoms with Gasteiger partial charge >= 0.3 is 0 Å². The average molecular weight is 413 g/mol. The third kappa shape index (κ3) is 2.25. The topological polar surface area (TPSA) is 72.3 Å². The van der Waals surface area contributed by atoms with Gasteiger partial charge < -0.3 is 10.6 Å². The van der Waals surface area contributed by atoms with Gasteiger partial charge in [-0.1, -0.05) is 22.0 Å². The zero-order chi connectivity index (χ0) is 17.8. The third-order valence-corrected chi connectivity index (χ3v) is 5.27. The van der Waals surface area contributed by atoms with E-state index in [4.69, 9.17) is 5.73 Å². The molecule has 3 heterocycles. The number of hydrogen-bond acceptors (Lipinski definition) is 5. The highest BCUT2D eigenvalue weighted by Crippen LogP contribution is 2.38. The Morgan fingerprint density at radius 3 is 2.96 bits per heavy atom. The largest absolute Gasteiger partial charge is 0.396 e. The van der Waals surface area contributed by atoms with Gasteiger partial charge in [0.15, 0.2) is 0 Å². The van der Waals surface area contributed by atoms with Crippen LogP contribution < -0.4 is 10.6 Å². The molecule has 0 saturated heterocycles. The van der Waals surface area contributed by atoms with Crippen molar-refractivity contribution in [2.75, 3.05) is 17.2 Å². The van der Waals surface area contributed by atoms with Crippen LogP contribution >= 0.6 is 15.9 Å². The number of benzene rings is 2. The van der Waals surface area contributed by atoms with E-state index in [0.717, 1.165) is 35.1 Å². The number of rotatable bonds is 1. The minimum absolute atomic E-state index is 0.0893. The van der Waals surface area contributed by atoms with Crippen molar-refractivity contribution in [2.24, 2.45) is 0 Å². The fourth-order valence-electron chi connectivity index (χ4n) is 3.56. The molecule has 26 heavy (non-hydrogen) atoms. The van der Waals surface area contributed by atoms with Crippen LogP contribution in [0.3, 0.4) is 0 Å². The van der Waals surface area contributed by atoms with Crippen molar-refractivity contribution in [3.8, 4) is 0 Å². The Labute approximate surface area is 156 Å². The van der Waals surface area contributed by atoms with Crippen LogP contribution in [-0.4, -0.2) is 26.1 Å². The van der Waals surface area contributed by atoms with Gasteiger partial charge in [0.25, 0.3) is 5.78 Å². The number of nitrogen functional groups attached to an aromatic ring is 1. The first-order valence-corrected chi connectivity index (χ1v) is 9.05. The Kier molecular flexibility index (Phi) is 3.36. The average Bonchev–Trinajstić information content (AvgIpc) is 3.10. The highest BCUT2D eigenvalue weighted by molar-refractivity contribution is 9.10. The summed E-state index contributed by atoms with van der Waals surface area (Å²) < 4.78 is 17.0. The molecule has 4 aromatic rings. The van der Waals surface area contributed by atoms with Crippen molar-refractivity contribution in [3.05, 3.63) is 52.5 Å². The van der Waals surface area contributed by atoms with Gasteiger partial charge in [0.2, 0.25) is 0 Å². The van der Waals surface area contributed by atoms with E-state index < -0.39 is 5.82 Å². The number of hydrogen-bond donors (Lipinski definition) is 1. The maximum atomic E-state index is 14.3. The highest BCUT2D eigenvalue weighted by atomic mass is 79.9. The van der Waals surface area contributed by atoms with Gasteiger partial charge in [-0.15, -0.1) is 10.2 Å². The second-order valence-electron chi connectivity index (χ2n) is 6.36.